The summed E-state index contributed by atoms with van der Waals surface area (Å²) in [6.45, 7) is 2.04. The maximum Gasteiger partial charge on any atom is 0.435 e. The molecular formula is C22H16F3N3O2S2. The maximum absolute atomic E-state index is 12.9. The van der Waals surface area contributed by atoms with Crippen LogP contribution in [-0.4, -0.2) is 29.4 Å². The van der Waals surface area contributed by atoms with Crippen LogP contribution in [0.4, 0.5) is 13.2 Å². The lowest BCUT2D eigenvalue weighted by Gasteiger charge is -2.08. The minimum atomic E-state index is -4.52. The molecule has 32 heavy (non-hydrogen) atoms. The van der Waals surface area contributed by atoms with Crippen molar-refractivity contribution >= 4 is 42.8 Å². The monoisotopic (exact) mass is 475 g/mol. The fourth-order valence-electron chi connectivity index (χ4n) is 3.70. The number of alkyl halides is 3. The first kappa shape index (κ1) is 20.8. The Kier molecular flexibility index (Phi) is 4.86. The molecule has 0 radical (unpaired) electrons. The van der Waals surface area contributed by atoms with Crippen molar-refractivity contribution in [2.24, 2.45) is 0 Å². The van der Waals surface area contributed by atoms with Crippen molar-refractivity contribution in [1.29, 1.82) is 0 Å². The minimum Gasteiger partial charge on any atom is -0.495 e. The molecule has 5 nitrogen and oxygen atoms in total. The van der Waals surface area contributed by atoms with Gasteiger partial charge in [0.15, 0.2) is 5.69 Å². The summed E-state index contributed by atoms with van der Waals surface area (Å²) in [7, 11) is 3.29. The molecule has 164 valence electrons. The zero-order valence-electron chi connectivity index (χ0n) is 17.1. The number of aromatic amines is 1. The Balaban J connectivity index is 1.66. The van der Waals surface area contributed by atoms with Gasteiger partial charge in [0.2, 0.25) is 0 Å². The highest BCUT2D eigenvalue weighted by Gasteiger charge is 2.34. The van der Waals surface area contributed by atoms with Gasteiger partial charge in [0.1, 0.15) is 11.5 Å². The van der Waals surface area contributed by atoms with E-state index in [2.05, 4.69) is 21.2 Å². The number of aromatic nitrogens is 3. The van der Waals surface area contributed by atoms with Gasteiger partial charge < -0.3 is 9.47 Å². The summed E-state index contributed by atoms with van der Waals surface area (Å²) in [5, 5.41) is 7.71. The number of fused-ring (bicyclic) bond motifs is 2. The Hall–Kier alpha value is -3.11. The smallest absolute Gasteiger partial charge is 0.435 e. The Morgan fingerprint density at radius 2 is 1.62 bits per heavy atom. The van der Waals surface area contributed by atoms with Gasteiger partial charge in [-0.3, -0.25) is 10.1 Å². The number of hydrogen-bond donors (Lipinski definition) is 1. The topological polar surface area (TPSA) is 60.0 Å². The molecule has 0 aliphatic rings. The van der Waals surface area contributed by atoms with Crippen LogP contribution in [0.1, 0.15) is 10.6 Å². The molecule has 0 aliphatic carbocycles. The number of thiophene rings is 2. The summed E-state index contributed by atoms with van der Waals surface area (Å²) in [5.41, 5.74) is 0.416. The molecule has 0 atom stereocenters. The highest BCUT2D eigenvalue weighted by atomic mass is 32.1. The molecule has 5 aromatic rings. The number of halogens is 3. The molecule has 0 bridgehead atoms. The minimum absolute atomic E-state index is 0.200. The van der Waals surface area contributed by atoms with Crippen molar-refractivity contribution in [1.82, 2.24) is 15.2 Å². The number of nitrogens with one attached hydrogen (secondary N) is 1. The molecule has 1 aromatic carbocycles. The normalized spacial score (nSPS) is 12.1. The van der Waals surface area contributed by atoms with E-state index in [4.69, 9.17) is 9.47 Å². The molecule has 0 aliphatic heterocycles. The molecular weight excluding hydrogens is 459 g/mol. The van der Waals surface area contributed by atoms with Crippen LogP contribution in [0, 0.1) is 6.92 Å². The number of methoxy groups -OCH3 is 2. The van der Waals surface area contributed by atoms with Gasteiger partial charge in [0, 0.05) is 26.7 Å². The molecule has 0 saturated heterocycles. The first-order valence-corrected chi connectivity index (χ1v) is 11.1. The molecule has 10 heteroatoms. The second kappa shape index (κ2) is 7.49. The summed E-state index contributed by atoms with van der Waals surface area (Å²) in [5.74, 6) is 1.57. The van der Waals surface area contributed by atoms with Gasteiger partial charge in [-0.05, 0) is 42.8 Å². The number of aryl methyl sites for hydroxylation is 1. The SMILES string of the molecule is COc1c2cc(-c3ccnc(-c4cc(C(F)(F)F)n[nH]4)c3)sc2c(OC)c2cc(C)sc12. The second-order valence-electron chi connectivity index (χ2n) is 7.11. The Morgan fingerprint density at radius 1 is 0.938 bits per heavy atom. The van der Waals surface area contributed by atoms with Gasteiger partial charge in [0.05, 0.1) is 35.0 Å². The van der Waals surface area contributed by atoms with Crippen molar-refractivity contribution in [3.63, 3.8) is 0 Å². The summed E-state index contributed by atoms with van der Waals surface area (Å²) in [4.78, 5) is 6.30. The van der Waals surface area contributed by atoms with Crippen LogP contribution in [0.15, 0.2) is 36.5 Å². The van der Waals surface area contributed by atoms with Crippen LogP contribution in [0.25, 0.3) is 42.0 Å². The Morgan fingerprint density at radius 3 is 2.28 bits per heavy atom. The third-order valence-corrected chi connectivity index (χ3v) is 7.32. The molecule has 0 spiro atoms. The van der Waals surface area contributed by atoms with Crippen LogP contribution in [-0.2, 0) is 6.18 Å². The van der Waals surface area contributed by atoms with Crippen LogP contribution in [0.2, 0.25) is 0 Å². The van der Waals surface area contributed by atoms with Crippen LogP contribution in [0.3, 0.4) is 0 Å². The zero-order valence-corrected chi connectivity index (χ0v) is 18.8. The average molecular weight is 476 g/mol. The summed E-state index contributed by atoms with van der Waals surface area (Å²) >= 11 is 3.18. The van der Waals surface area contributed by atoms with E-state index in [0.29, 0.717) is 5.69 Å². The van der Waals surface area contributed by atoms with E-state index in [1.165, 1.54) is 11.3 Å². The van der Waals surface area contributed by atoms with Gasteiger partial charge >= 0.3 is 6.18 Å². The highest BCUT2D eigenvalue weighted by Crippen LogP contribution is 2.50. The number of H-pyrrole nitrogens is 1. The Labute approximate surface area is 188 Å². The standard InChI is InChI=1S/C22H16F3N3O2S2/c1-10-6-12-18(29-2)21-13(19(30-3)20(12)31-10)8-16(32-21)11-4-5-26-14(7-11)15-9-17(28-27-15)22(23,24)25/h4-9H,1-3H3,(H,27,28). The van der Waals surface area contributed by atoms with E-state index in [1.54, 1.807) is 37.8 Å². The van der Waals surface area contributed by atoms with E-state index >= 15 is 0 Å². The predicted molar refractivity (Wildman–Crippen MR) is 121 cm³/mol. The van der Waals surface area contributed by atoms with Crippen molar-refractivity contribution in [3.05, 3.63) is 47.1 Å². The van der Waals surface area contributed by atoms with Gasteiger partial charge in [-0.15, -0.1) is 22.7 Å². The number of nitrogens with zero attached hydrogens (tertiary/aromatic N) is 2. The van der Waals surface area contributed by atoms with E-state index in [0.717, 1.165) is 53.1 Å². The molecule has 0 unspecified atom stereocenters. The number of rotatable bonds is 4. The highest BCUT2D eigenvalue weighted by molar-refractivity contribution is 7.23. The summed E-state index contributed by atoms with van der Waals surface area (Å²) in [6.07, 6.45) is -2.95. The summed E-state index contributed by atoms with van der Waals surface area (Å²) in [6, 6.07) is 8.62. The number of benzene rings is 1. The first-order valence-electron chi connectivity index (χ1n) is 9.47. The third-order valence-electron chi connectivity index (χ3n) is 5.09. The number of hydrogen-bond acceptors (Lipinski definition) is 6. The van der Waals surface area contributed by atoms with Crippen molar-refractivity contribution in [2.75, 3.05) is 14.2 Å². The van der Waals surface area contributed by atoms with Crippen LogP contribution in [0.5, 0.6) is 11.5 Å². The van der Waals surface area contributed by atoms with E-state index in [-0.39, 0.29) is 5.69 Å². The predicted octanol–water partition coefficient (Wildman–Crippen LogP) is 6.91. The lowest BCUT2D eigenvalue weighted by molar-refractivity contribution is -0.141. The summed E-state index contributed by atoms with van der Waals surface area (Å²) < 4.78 is 52.2. The number of ether oxygens (including phenoxy) is 2. The average Bonchev–Trinajstić information content (AvgIpc) is 3.49. The third kappa shape index (κ3) is 3.30. The molecule has 4 heterocycles. The molecule has 4 aromatic heterocycles. The van der Waals surface area contributed by atoms with Gasteiger partial charge in [0.25, 0.3) is 0 Å². The zero-order chi connectivity index (χ0) is 22.6. The second-order valence-corrected chi connectivity index (χ2v) is 9.42. The van der Waals surface area contributed by atoms with E-state index < -0.39 is 11.9 Å². The van der Waals surface area contributed by atoms with Crippen molar-refractivity contribution in [3.8, 4) is 33.3 Å². The van der Waals surface area contributed by atoms with Gasteiger partial charge in [-0.25, -0.2) is 0 Å². The molecule has 0 amide bonds. The Bertz CT molecular complexity index is 1410. The molecule has 0 fully saturated rings. The fourth-order valence-corrected chi connectivity index (χ4v) is 5.94. The first-order chi connectivity index (χ1) is 15.3. The van der Waals surface area contributed by atoms with Gasteiger partial charge in [-0.1, -0.05) is 0 Å². The number of pyridine rings is 1. The lowest BCUT2D eigenvalue weighted by Crippen LogP contribution is -2.04. The van der Waals surface area contributed by atoms with Crippen LogP contribution < -0.4 is 9.47 Å². The molecule has 1 N–H and O–H groups in total. The maximum atomic E-state index is 12.9. The fraction of sp³-hybridized carbons (Fsp3) is 0.182. The van der Waals surface area contributed by atoms with E-state index in [1.807, 2.05) is 19.1 Å². The van der Waals surface area contributed by atoms with Crippen molar-refractivity contribution < 1.29 is 22.6 Å². The van der Waals surface area contributed by atoms with Gasteiger partial charge in [-0.2, -0.15) is 18.3 Å². The lowest BCUT2D eigenvalue weighted by atomic mass is 10.1. The molecule has 0 saturated carbocycles. The van der Waals surface area contributed by atoms with E-state index in [9.17, 15) is 13.2 Å². The quantitative estimate of drug-likeness (QED) is 0.307. The van der Waals surface area contributed by atoms with Crippen molar-refractivity contribution in [2.45, 2.75) is 13.1 Å². The largest absolute Gasteiger partial charge is 0.495 e. The molecule has 5 rings (SSSR count). The van der Waals surface area contributed by atoms with Crippen LogP contribution >= 0.6 is 22.7 Å².